The molecule has 2 rings (SSSR count). The second kappa shape index (κ2) is 6.44. The molecule has 1 aromatic carbocycles. The largest absolute Gasteiger partial charge is 0.490 e. The smallest absolute Gasteiger partial charge is 0.488 e. The van der Waals surface area contributed by atoms with Crippen LogP contribution in [0.25, 0.3) is 0 Å². The number of ether oxygens (including phenoxy) is 1. The lowest BCUT2D eigenvalue weighted by molar-refractivity contribution is 0.0903. The summed E-state index contributed by atoms with van der Waals surface area (Å²) in [7, 11) is -1.41. The van der Waals surface area contributed by atoms with Gasteiger partial charge in [-0.15, -0.1) is 0 Å². The lowest BCUT2D eigenvalue weighted by Crippen LogP contribution is -2.33. The topological polar surface area (TPSA) is 49.7 Å². The second-order valence-corrected chi connectivity index (χ2v) is 5.50. The Kier molecular flexibility index (Phi) is 4.89. The van der Waals surface area contributed by atoms with Crippen LogP contribution >= 0.6 is 0 Å². The van der Waals surface area contributed by atoms with Gasteiger partial charge in [-0.1, -0.05) is 19.4 Å². The third-order valence-corrected chi connectivity index (χ3v) is 4.17. The van der Waals surface area contributed by atoms with E-state index in [9.17, 15) is 10.0 Å². The van der Waals surface area contributed by atoms with Crippen LogP contribution in [-0.4, -0.2) is 23.3 Å². The second-order valence-electron chi connectivity index (χ2n) is 5.50. The monoisotopic (exact) mass is 262 g/mol. The molecule has 0 radical (unpaired) electrons. The molecule has 1 aromatic rings. The van der Waals surface area contributed by atoms with Gasteiger partial charge in [-0.25, -0.2) is 0 Å². The van der Waals surface area contributed by atoms with E-state index in [0.717, 1.165) is 24.2 Å². The first-order valence-corrected chi connectivity index (χ1v) is 7.25. The predicted octanol–water partition coefficient (Wildman–Crippen LogP) is 2.02. The molecule has 1 aliphatic rings. The van der Waals surface area contributed by atoms with E-state index >= 15 is 0 Å². The molecule has 2 N–H and O–H groups in total. The fourth-order valence-corrected chi connectivity index (χ4v) is 2.98. The summed E-state index contributed by atoms with van der Waals surface area (Å²) in [6.45, 7) is 4.10. The Morgan fingerprint density at radius 2 is 2.00 bits per heavy atom. The SMILES string of the molecule is CCC1CCCCC1Oc1ccc(B(O)O)c(C)c1. The molecule has 4 heteroatoms. The maximum Gasteiger partial charge on any atom is 0.488 e. The van der Waals surface area contributed by atoms with Crippen LogP contribution in [0.5, 0.6) is 5.75 Å². The minimum atomic E-state index is -1.41. The molecule has 0 bridgehead atoms. The van der Waals surface area contributed by atoms with Crippen molar-refractivity contribution in [3.8, 4) is 5.75 Å². The Bertz CT molecular complexity index is 420. The van der Waals surface area contributed by atoms with Gasteiger partial charge in [-0.05, 0) is 61.7 Å². The van der Waals surface area contributed by atoms with Gasteiger partial charge in [0, 0.05) is 0 Å². The average Bonchev–Trinajstić information content (AvgIpc) is 2.39. The molecule has 104 valence electrons. The molecule has 0 amide bonds. The summed E-state index contributed by atoms with van der Waals surface area (Å²) in [5.41, 5.74) is 1.40. The molecule has 3 nitrogen and oxygen atoms in total. The highest BCUT2D eigenvalue weighted by atomic mass is 16.5. The highest BCUT2D eigenvalue weighted by Crippen LogP contribution is 2.30. The fraction of sp³-hybridized carbons (Fsp3) is 0.600. The van der Waals surface area contributed by atoms with Crippen molar-refractivity contribution < 1.29 is 14.8 Å². The highest BCUT2D eigenvalue weighted by Gasteiger charge is 2.25. The number of benzene rings is 1. The van der Waals surface area contributed by atoms with E-state index in [2.05, 4.69) is 6.92 Å². The van der Waals surface area contributed by atoms with Crippen molar-refractivity contribution in [2.75, 3.05) is 0 Å². The van der Waals surface area contributed by atoms with E-state index < -0.39 is 7.12 Å². The summed E-state index contributed by atoms with van der Waals surface area (Å²) in [6.07, 6.45) is 6.41. The van der Waals surface area contributed by atoms with E-state index in [1.807, 2.05) is 19.1 Å². The number of rotatable bonds is 4. The molecule has 2 unspecified atom stereocenters. The fourth-order valence-electron chi connectivity index (χ4n) is 2.98. The minimum absolute atomic E-state index is 0.308. The molecule has 1 fully saturated rings. The predicted molar refractivity (Wildman–Crippen MR) is 77.7 cm³/mol. The zero-order chi connectivity index (χ0) is 13.8. The van der Waals surface area contributed by atoms with Crippen LogP contribution in [0.3, 0.4) is 0 Å². The van der Waals surface area contributed by atoms with Gasteiger partial charge in [0.2, 0.25) is 0 Å². The van der Waals surface area contributed by atoms with Crippen molar-refractivity contribution in [2.24, 2.45) is 5.92 Å². The van der Waals surface area contributed by atoms with Gasteiger partial charge in [0.05, 0.1) is 0 Å². The van der Waals surface area contributed by atoms with E-state index in [1.54, 1.807) is 6.07 Å². The molecule has 0 aliphatic heterocycles. The van der Waals surface area contributed by atoms with Crippen LogP contribution in [0.2, 0.25) is 0 Å². The summed E-state index contributed by atoms with van der Waals surface area (Å²) >= 11 is 0. The first-order chi connectivity index (χ1) is 9.11. The van der Waals surface area contributed by atoms with Crippen LogP contribution < -0.4 is 10.2 Å². The molecule has 19 heavy (non-hydrogen) atoms. The van der Waals surface area contributed by atoms with Crippen molar-refractivity contribution in [3.63, 3.8) is 0 Å². The first-order valence-electron chi connectivity index (χ1n) is 7.25. The molecular weight excluding hydrogens is 239 g/mol. The number of hydrogen-bond donors (Lipinski definition) is 2. The minimum Gasteiger partial charge on any atom is -0.490 e. The highest BCUT2D eigenvalue weighted by molar-refractivity contribution is 6.59. The molecule has 1 aliphatic carbocycles. The Morgan fingerprint density at radius 3 is 2.63 bits per heavy atom. The van der Waals surface area contributed by atoms with Gasteiger partial charge >= 0.3 is 7.12 Å². The first kappa shape index (κ1) is 14.4. The number of hydrogen-bond acceptors (Lipinski definition) is 3. The Hall–Kier alpha value is -0.995. The zero-order valence-corrected chi connectivity index (χ0v) is 11.8. The zero-order valence-electron chi connectivity index (χ0n) is 11.8. The maximum atomic E-state index is 9.21. The Morgan fingerprint density at radius 1 is 1.26 bits per heavy atom. The Labute approximate surface area is 115 Å². The summed E-state index contributed by atoms with van der Waals surface area (Å²) < 4.78 is 6.11. The molecule has 0 heterocycles. The summed E-state index contributed by atoms with van der Waals surface area (Å²) in [6, 6.07) is 5.47. The van der Waals surface area contributed by atoms with Gasteiger partial charge in [0.25, 0.3) is 0 Å². The van der Waals surface area contributed by atoms with Gasteiger partial charge in [0.1, 0.15) is 11.9 Å². The van der Waals surface area contributed by atoms with E-state index in [0.29, 0.717) is 17.5 Å². The summed E-state index contributed by atoms with van der Waals surface area (Å²) in [4.78, 5) is 0. The average molecular weight is 262 g/mol. The van der Waals surface area contributed by atoms with E-state index in [4.69, 9.17) is 4.74 Å². The van der Waals surface area contributed by atoms with Crippen LogP contribution in [0, 0.1) is 12.8 Å². The van der Waals surface area contributed by atoms with Crippen molar-refractivity contribution in [3.05, 3.63) is 23.8 Å². The molecular formula is C15H23BO3. The normalized spacial score (nSPS) is 23.2. The maximum absolute atomic E-state index is 9.21. The van der Waals surface area contributed by atoms with Gasteiger partial charge in [-0.3, -0.25) is 0 Å². The van der Waals surface area contributed by atoms with Crippen molar-refractivity contribution in [2.45, 2.75) is 52.1 Å². The lowest BCUT2D eigenvalue weighted by atomic mass is 9.77. The molecule has 0 spiro atoms. The van der Waals surface area contributed by atoms with Gasteiger partial charge in [-0.2, -0.15) is 0 Å². The van der Waals surface area contributed by atoms with E-state index in [-0.39, 0.29) is 0 Å². The van der Waals surface area contributed by atoms with Crippen LogP contribution in [0.15, 0.2) is 18.2 Å². The van der Waals surface area contributed by atoms with Gasteiger partial charge in [0.15, 0.2) is 0 Å². The van der Waals surface area contributed by atoms with Crippen LogP contribution in [0.1, 0.15) is 44.6 Å². The van der Waals surface area contributed by atoms with Crippen molar-refractivity contribution in [1.82, 2.24) is 0 Å². The Balaban J connectivity index is 2.08. The lowest BCUT2D eigenvalue weighted by Gasteiger charge is -2.31. The standard InChI is InChI=1S/C15H23BO3/c1-3-12-6-4-5-7-15(12)19-13-8-9-14(16(17)18)11(2)10-13/h8-10,12,15,17-18H,3-7H2,1-2H3. The summed E-state index contributed by atoms with van der Waals surface area (Å²) in [5.74, 6) is 1.49. The van der Waals surface area contributed by atoms with Crippen molar-refractivity contribution >= 4 is 12.6 Å². The summed E-state index contributed by atoms with van der Waals surface area (Å²) in [5, 5.41) is 18.4. The third kappa shape index (κ3) is 3.51. The van der Waals surface area contributed by atoms with Crippen molar-refractivity contribution in [1.29, 1.82) is 0 Å². The molecule has 1 saturated carbocycles. The quantitative estimate of drug-likeness (QED) is 0.816. The van der Waals surface area contributed by atoms with E-state index in [1.165, 1.54) is 19.3 Å². The van der Waals surface area contributed by atoms with Gasteiger partial charge < -0.3 is 14.8 Å². The van der Waals surface area contributed by atoms with Crippen LogP contribution in [0.4, 0.5) is 0 Å². The number of aryl methyl sites for hydroxylation is 1. The molecule has 0 saturated heterocycles. The third-order valence-electron chi connectivity index (χ3n) is 4.17. The molecule has 0 aromatic heterocycles. The molecule has 2 atom stereocenters. The van der Waals surface area contributed by atoms with Crippen LogP contribution in [-0.2, 0) is 0 Å².